The summed E-state index contributed by atoms with van der Waals surface area (Å²) in [5.41, 5.74) is 0.580. The average Bonchev–Trinajstić information content (AvgIpc) is 2.77. The number of phenolic OH excluding ortho intramolecular Hbond substituents is 1. The molecular weight excluding hydrogens is 448 g/mol. The maximum Gasteiger partial charge on any atom is 0.209 e. The van der Waals surface area contributed by atoms with Crippen LogP contribution in [-0.4, -0.2) is 29.0 Å². The average molecular weight is 455 g/mol. The van der Waals surface area contributed by atoms with Crippen LogP contribution in [0.2, 0.25) is 0 Å². The van der Waals surface area contributed by atoms with Gasteiger partial charge in [0.2, 0.25) is 5.90 Å². The number of phenols is 1. The molecule has 1 heterocycles. The summed E-state index contributed by atoms with van der Waals surface area (Å²) in [6.07, 6.45) is 1.34. The number of rotatable bonds is 0. The third-order valence-corrected chi connectivity index (χ3v) is 3.31. The topological polar surface area (TPSA) is 89.0 Å². The van der Waals surface area contributed by atoms with Crippen molar-refractivity contribution >= 4 is 57.4 Å². The van der Waals surface area contributed by atoms with E-state index in [1.807, 2.05) is 51.3 Å². The Morgan fingerprint density at radius 2 is 1.82 bits per heavy atom. The first kappa shape index (κ1) is 14.2. The lowest BCUT2D eigenvalue weighted by Gasteiger charge is -1.99. The molecule has 1 aliphatic rings. The highest BCUT2D eigenvalue weighted by atomic mass is 127. The number of aliphatic hydroxyl groups excluding tert-OH is 1. The number of hydrogen-bond donors (Lipinski definition) is 2. The smallest absolute Gasteiger partial charge is 0.209 e. The molecule has 7 heteroatoms. The van der Waals surface area contributed by atoms with Crippen LogP contribution in [0.4, 0.5) is 0 Å². The first-order chi connectivity index (χ1) is 8.04. The van der Waals surface area contributed by atoms with Gasteiger partial charge in [0.05, 0.1) is 18.8 Å². The van der Waals surface area contributed by atoms with Gasteiger partial charge >= 0.3 is 0 Å². The van der Waals surface area contributed by atoms with E-state index in [-0.39, 0.29) is 11.6 Å². The molecule has 0 aliphatic carbocycles. The zero-order valence-corrected chi connectivity index (χ0v) is 12.7. The SMILES string of the molecule is N#Cc1cc(I)c(O)c(I)c1.OC1=NC=NC1. The molecule has 0 atom stereocenters. The lowest BCUT2D eigenvalue weighted by molar-refractivity contribution is 0.467. The van der Waals surface area contributed by atoms with Gasteiger partial charge in [-0.2, -0.15) is 5.26 Å². The fraction of sp³-hybridized carbons (Fsp3) is 0.100. The van der Waals surface area contributed by atoms with E-state index in [0.717, 1.165) is 0 Å². The summed E-state index contributed by atoms with van der Waals surface area (Å²) in [5, 5.41) is 26.2. The molecule has 0 amide bonds. The van der Waals surface area contributed by atoms with Crippen molar-refractivity contribution in [2.45, 2.75) is 0 Å². The molecule has 2 N–H and O–H groups in total. The van der Waals surface area contributed by atoms with Crippen LogP contribution in [0.1, 0.15) is 5.56 Å². The molecule has 0 fully saturated rings. The predicted molar refractivity (Wildman–Crippen MR) is 81.7 cm³/mol. The molecule has 2 rings (SSSR count). The standard InChI is InChI=1S/C7H3I2NO.C3H4N2O/c8-5-1-4(3-10)2-6(9)7(5)11;6-3-1-4-2-5-3/h1-2,11H;2H,1H2,(H,4,5,6). The van der Waals surface area contributed by atoms with Crippen LogP contribution in [-0.2, 0) is 0 Å². The van der Waals surface area contributed by atoms with Gasteiger partial charge in [0.15, 0.2) is 0 Å². The summed E-state index contributed by atoms with van der Waals surface area (Å²) in [6, 6.07) is 5.32. The Labute approximate surface area is 125 Å². The Morgan fingerprint density at radius 1 is 1.24 bits per heavy atom. The summed E-state index contributed by atoms with van der Waals surface area (Å²) in [5.74, 6) is 0.361. The molecule has 88 valence electrons. The summed E-state index contributed by atoms with van der Waals surface area (Å²) in [6.45, 7) is 0.361. The Kier molecular flexibility index (Phi) is 5.63. The van der Waals surface area contributed by atoms with E-state index >= 15 is 0 Å². The third kappa shape index (κ3) is 4.47. The minimum absolute atomic E-state index is 0.106. The van der Waals surface area contributed by atoms with Crippen molar-refractivity contribution in [2.24, 2.45) is 9.98 Å². The number of nitrogens with zero attached hydrogens (tertiary/aromatic N) is 3. The van der Waals surface area contributed by atoms with Crippen LogP contribution in [0.5, 0.6) is 5.75 Å². The number of aliphatic imine (C=N–C) groups is 2. The van der Waals surface area contributed by atoms with Crippen LogP contribution in [0, 0.1) is 18.5 Å². The zero-order valence-electron chi connectivity index (χ0n) is 8.43. The van der Waals surface area contributed by atoms with Crippen LogP contribution < -0.4 is 0 Å². The number of benzene rings is 1. The molecule has 0 unspecified atom stereocenters. The van der Waals surface area contributed by atoms with E-state index < -0.39 is 0 Å². The predicted octanol–water partition coefficient (Wildman–Crippen LogP) is 2.46. The molecule has 17 heavy (non-hydrogen) atoms. The van der Waals surface area contributed by atoms with Crippen LogP contribution in [0.15, 0.2) is 22.1 Å². The Morgan fingerprint density at radius 3 is 2.12 bits per heavy atom. The van der Waals surface area contributed by atoms with Gasteiger partial charge in [-0.15, -0.1) is 0 Å². The number of hydrogen-bond acceptors (Lipinski definition) is 4. The van der Waals surface area contributed by atoms with Gasteiger partial charge < -0.3 is 10.2 Å². The summed E-state index contributed by atoms with van der Waals surface area (Å²) in [4.78, 5) is 7.00. The Hall–Kier alpha value is -0.890. The molecule has 0 aromatic heterocycles. The minimum Gasteiger partial charge on any atom is -0.506 e. The first-order valence-corrected chi connectivity index (χ1v) is 6.52. The van der Waals surface area contributed by atoms with Crippen LogP contribution in [0.25, 0.3) is 0 Å². The molecule has 0 spiro atoms. The van der Waals surface area contributed by atoms with Gasteiger partial charge in [-0.1, -0.05) is 0 Å². The van der Waals surface area contributed by atoms with E-state index in [1.54, 1.807) is 12.1 Å². The second kappa shape index (κ2) is 6.75. The summed E-state index contributed by atoms with van der Waals surface area (Å²) < 4.78 is 1.43. The van der Waals surface area contributed by atoms with Crippen molar-refractivity contribution in [1.82, 2.24) is 0 Å². The minimum atomic E-state index is 0.106. The number of aromatic hydroxyl groups is 1. The Bertz CT molecular complexity index is 498. The van der Waals surface area contributed by atoms with Crippen LogP contribution in [0.3, 0.4) is 0 Å². The molecule has 0 bridgehead atoms. The molecular formula is C10H7I2N3O2. The van der Waals surface area contributed by atoms with Crippen LogP contribution >= 0.6 is 45.2 Å². The molecule has 1 aromatic rings. The zero-order chi connectivity index (χ0) is 12.8. The Balaban J connectivity index is 0.000000202. The van der Waals surface area contributed by atoms with E-state index in [1.165, 1.54) is 6.34 Å². The van der Waals surface area contributed by atoms with Crippen molar-refractivity contribution in [2.75, 3.05) is 6.54 Å². The second-order valence-electron chi connectivity index (χ2n) is 2.90. The highest BCUT2D eigenvalue weighted by Crippen LogP contribution is 2.26. The maximum absolute atomic E-state index is 9.30. The quantitative estimate of drug-likeness (QED) is 0.590. The first-order valence-electron chi connectivity index (χ1n) is 4.36. The lowest BCUT2D eigenvalue weighted by Crippen LogP contribution is -1.93. The van der Waals surface area contributed by atoms with Crippen molar-refractivity contribution in [3.63, 3.8) is 0 Å². The number of nitriles is 1. The van der Waals surface area contributed by atoms with Crippen molar-refractivity contribution in [3.05, 3.63) is 24.8 Å². The normalized spacial score (nSPS) is 12.4. The van der Waals surface area contributed by atoms with Crippen molar-refractivity contribution < 1.29 is 10.2 Å². The van der Waals surface area contributed by atoms with Gasteiger partial charge in [-0.25, -0.2) is 4.99 Å². The highest BCUT2D eigenvalue weighted by Gasteiger charge is 2.04. The van der Waals surface area contributed by atoms with E-state index in [9.17, 15) is 5.11 Å². The fourth-order valence-electron chi connectivity index (χ4n) is 0.901. The largest absolute Gasteiger partial charge is 0.506 e. The number of halogens is 2. The van der Waals surface area contributed by atoms with Gasteiger partial charge in [0.25, 0.3) is 0 Å². The second-order valence-corrected chi connectivity index (χ2v) is 5.23. The van der Waals surface area contributed by atoms with Crippen molar-refractivity contribution in [3.8, 4) is 11.8 Å². The third-order valence-electron chi connectivity index (χ3n) is 1.67. The van der Waals surface area contributed by atoms with E-state index in [0.29, 0.717) is 19.2 Å². The molecule has 0 saturated heterocycles. The molecule has 0 saturated carbocycles. The van der Waals surface area contributed by atoms with Gasteiger partial charge in [-0.05, 0) is 57.3 Å². The monoisotopic (exact) mass is 455 g/mol. The van der Waals surface area contributed by atoms with E-state index in [2.05, 4.69) is 9.98 Å². The summed E-state index contributed by atoms with van der Waals surface area (Å²) in [7, 11) is 0. The maximum atomic E-state index is 9.30. The molecule has 0 radical (unpaired) electrons. The number of aliphatic hydroxyl groups is 1. The lowest BCUT2D eigenvalue weighted by atomic mass is 10.2. The van der Waals surface area contributed by atoms with E-state index in [4.69, 9.17) is 10.4 Å². The molecule has 5 nitrogen and oxygen atoms in total. The summed E-state index contributed by atoms with van der Waals surface area (Å²) >= 11 is 3.99. The van der Waals surface area contributed by atoms with Gasteiger partial charge in [0.1, 0.15) is 18.6 Å². The van der Waals surface area contributed by atoms with Gasteiger partial charge in [0, 0.05) is 0 Å². The molecule has 1 aromatic carbocycles. The highest BCUT2D eigenvalue weighted by molar-refractivity contribution is 14.1. The molecule has 1 aliphatic heterocycles. The fourth-order valence-corrected chi connectivity index (χ4v) is 2.67. The van der Waals surface area contributed by atoms with Crippen molar-refractivity contribution in [1.29, 1.82) is 5.26 Å². The van der Waals surface area contributed by atoms with Gasteiger partial charge in [-0.3, -0.25) is 4.99 Å².